The van der Waals surface area contributed by atoms with Gasteiger partial charge >= 0.3 is 36.1 Å². The summed E-state index contributed by atoms with van der Waals surface area (Å²) in [5.74, 6) is -7.65. The van der Waals surface area contributed by atoms with Crippen molar-refractivity contribution in [1.82, 2.24) is 10.2 Å². The number of nitrogens with one attached hydrogen (secondary N) is 1. The van der Waals surface area contributed by atoms with Crippen molar-refractivity contribution < 1.29 is 115 Å². The van der Waals surface area contributed by atoms with Gasteiger partial charge < -0.3 is 86.6 Å². The first-order chi connectivity index (χ1) is 37.5. The zero-order chi connectivity index (χ0) is 58.6. The summed E-state index contributed by atoms with van der Waals surface area (Å²) in [6.07, 6.45) is -17.8. The topological polar surface area (TPSA) is 314 Å². The minimum atomic E-state index is -2.71. The van der Waals surface area contributed by atoms with E-state index in [0.29, 0.717) is 43.6 Å². The van der Waals surface area contributed by atoms with Crippen molar-refractivity contribution in [3.8, 4) is 0 Å². The smallest absolute Gasteiger partial charge is 0.417 e. The molecule has 29 heteroatoms. The van der Waals surface area contributed by atoms with Crippen LogP contribution in [0.5, 0.6) is 0 Å². The third kappa shape index (κ3) is 19.8. The Kier molecular flexibility index (Phi) is 28.4. The summed E-state index contributed by atoms with van der Waals surface area (Å²) in [4.78, 5) is 92.9. The van der Waals surface area contributed by atoms with E-state index in [9.17, 15) is 43.8 Å². The molecule has 3 amide bonds. The highest BCUT2D eigenvalue weighted by Crippen LogP contribution is 2.43. The third-order valence-electron chi connectivity index (χ3n) is 12.9. The fourth-order valence-electron chi connectivity index (χ4n) is 9.19. The maximum atomic E-state index is 14.4. The number of amides is 3. The number of nitrogens with zero attached hydrogens (tertiary/aromatic N) is 1. The molecule has 0 bridgehead atoms. The van der Waals surface area contributed by atoms with Crippen LogP contribution in [-0.4, -0.2) is 218 Å². The standard InChI is InChI=1S/C50H79Cl3N2O24/c1-10-14-18-66-23-32-39(68-20-16-12-3)42(43(44(61)75-32)69-21-17-13-4)78-45-35(54-47(63)71-26-50(51,52)53)37(60)38(67-19-15-11-2)34(76-45)25-72-49(46(62)65-9)22-31-36(55(27(5)56)48(64)77-31)41(79-49)40(74-30(8)59)33(73-29(7)58)24-70-28(6)57/h31-45,60-61H,10-26H2,1-9H3,(H,54,63)/t31-,32?,33-,34?,35+,36-,37?,38-,39+,40-,41?,42+,43+,44?,45?,49-/m1/s1. The molecule has 454 valence electrons. The molecule has 0 radical (unpaired) electrons. The molecule has 4 saturated heterocycles. The van der Waals surface area contributed by atoms with Crippen LogP contribution >= 0.6 is 34.8 Å². The molecule has 0 aromatic rings. The molecule has 4 aliphatic rings. The summed E-state index contributed by atoms with van der Waals surface area (Å²) >= 11 is 17.8. The Labute approximate surface area is 474 Å². The average molecular weight is 1200 g/mol. The molecular formula is C50H79Cl3N2O24. The van der Waals surface area contributed by atoms with Gasteiger partial charge in [0, 0.05) is 54.1 Å². The van der Waals surface area contributed by atoms with E-state index in [2.05, 4.69) is 5.32 Å². The number of hydrogen-bond donors (Lipinski definition) is 3. The van der Waals surface area contributed by atoms with Gasteiger partial charge in [-0.1, -0.05) is 88.2 Å². The van der Waals surface area contributed by atoms with E-state index in [1.54, 1.807) is 0 Å². The highest BCUT2D eigenvalue weighted by molar-refractivity contribution is 6.67. The maximum absolute atomic E-state index is 14.4. The van der Waals surface area contributed by atoms with Gasteiger partial charge in [0.2, 0.25) is 9.70 Å². The third-order valence-corrected chi connectivity index (χ3v) is 13.2. The molecule has 3 N–H and O–H groups in total. The number of ether oxygens (including phenoxy) is 15. The van der Waals surface area contributed by atoms with Gasteiger partial charge in [-0.25, -0.2) is 19.3 Å². The van der Waals surface area contributed by atoms with Gasteiger partial charge in [-0.2, -0.15) is 0 Å². The van der Waals surface area contributed by atoms with Gasteiger partial charge in [0.05, 0.1) is 26.7 Å². The molecule has 16 atom stereocenters. The van der Waals surface area contributed by atoms with Crippen LogP contribution in [0.15, 0.2) is 0 Å². The largest absolute Gasteiger partial charge is 0.465 e. The number of rotatable bonds is 31. The molecule has 0 aromatic heterocycles. The Balaban J connectivity index is 1.90. The minimum absolute atomic E-state index is 0.00810. The summed E-state index contributed by atoms with van der Waals surface area (Å²) in [7, 11) is 0.980. The summed E-state index contributed by atoms with van der Waals surface area (Å²) in [5, 5.41) is 26.8. The molecule has 6 unspecified atom stereocenters. The van der Waals surface area contributed by atoms with Gasteiger partial charge in [-0.05, 0) is 25.7 Å². The summed E-state index contributed by atoms with van der Waals surface area (Å²) in [6.45, 7) is 10.2. The number of halogens is 3. The zero-order valence-corrected chi connectivity index (χ0v) is 48.4. The number of aliphatic hydroxyl groups excluding tert-OH is 2. The number of fused-ring (bicyclic) bond motifs is 1. The molecule has 0 spiro atoms. The van der Waals surface area contributed by atoms with E-state index >= 15 is 0 Å². The van der Waals surface area contributed by atoms with Gasteiger partial charge in [-0.3, -0.25) is 19.2 Å². The lowest BCUT2D eigenvalue weighted by molar-refractivity contribution is -0.361. The normalized spacial score (nSPS) is 30.5. The molecule has 4 aliphatic heterocycles. The molecule has 26 nitrogen and oxygen atoms in total. The SMILES string of the molecule is CCCCOCC1OC(O)[C@@H](OCCCC)[C@@H](OC2OC(CO[C@]3(C(=O)OC)C[C@H]4OC(=O)N(C(C)=O)[C@H]4C([C@H](OC(C)=O)[C@@H](COC(C)=O)OC(C)=O)O3)[C@@H](OCCCC)C(O)[C@@H]2NC(=O)OCC(Cl)(Cl)Cl)[C@H]1OCCCC. The second-order valence-corrected chi connectivity index (χ2v) is 21.7. The average Bonchev–Trinajstić information content (AvgIpc) is 3.91. The number of alkyl halides is 3. The van der Waals surface area contributed by atoms with Crippen molar-refractivity contribution in [3.63, 3.8) is 0 Å². The maximum Gasteiger partial charge on any atom is 0.417 e. The van der Waals surface area contributed by atoms with Gasteiger partial charge in [0.1, 0.15) is 80.2 Å². The first-order valence-corrected chi connectivity index (χ1v) is 27.7. The highest BCUT2D eigenvalue weighted by Gasteiger charge is 2.65. The highest BCUT2D eigenvalue weighted by atomic mass is 35.6. The summed E-state index contributed by atoms with van der Waals surface area (Å²) < 4.78 is 88.0. The van der Waals surface area contributed by atoms with Crippen molar-refractivity contribution in [1.29, 1.82) is 0 Å². The lowest BCUT2D eigenvalue weighted by Crippen LogP contribution is -2.69. The molecule has 0 aliphatic carbocycles. The van der Waals surface area contributed by atoms with Crippen LogP contribution in [-0.2, 0) is 95.0 Å². The van der Waals surface area contributed by atoms with E-state index in [1.807, 2.05) is 27.7 Å². The predicted octanol–water partition coefficient (Wildman–Crippen LogP) is 3.85. The lowest BCUT2D eigenvalue weighted by atomic mass is 9.88. The molecule has 4 fully saturated rings. The van der Waals surface area contributed by atoms with Crippen LogP contribution in [0.4, 0.5) is 9.59 Å². The van der Waals surface area contributed by atoms with Crippen molar-refractivity contribution in [3.05, 3.63) is 0 Å². The van der Waals surface area contributed by atoms with Crippen molar-refractivity contribution in [2.75, 3.05) is 60.0 Å². The van der Waals surface area contributed by atoms with Crippen LogP contribution in [0.25, 0.3) is 0 Å². The van der Waals surface area contributed by atoms with E-state index in [1.165, 1.54) is 0 Å². The minimum Gasteiger partial charge on any atom is -0.465 e. The van der Waals surface area contributed by atoms with Crippen molar-refractivity contribution >= 4 is 76.8 Å². The van der Waals surface area contributed by atoms with Gasteiger partial charge in [-0.15, -0.1) is 0 Å². The second-order valence-electron chi connectivity index (χ2n) is 19.2. The van der Waals surface area contributed by atoms with Crippen LogP contribution < -0.4 is 5.32 Å². The first kappa shape index (κ1) is 68.0. The molecule has 4 rings (SSSR count). The number of methoxy groups -OCH3 is 1. The molecule has 4 heterocycles. The lowest BCUT2D eigenvalue weighted by Gasteiger charge is -2.50. The Morgan fingerprint density at radius 1 is 0.759 bits per heavy atom. The van der Waals surface area contributed by atoms with Crippen LogP contribution in [0.3, 0.4) is 0 Å². The Bertz CT molecular complexity index is 1970. The van der Waals surface area contributed by atoms with Crippen molar-refractivity contribution in [2.24, 2.45) is 0 Å². The zero-order valence-electron chi connectivity index (χ0n) is 46.1. The monoisotopic (exact) mass is 1200 g/mol. The number of imide groups is 1. The number of carbonyl (C=O) groups is 7. The summed E-state index contributed by atoms with van der Waals surface area (Å²) in [6, 6.07) is -3.15. The molecule has 79 heavy (non-hydrogen) atoms. The first-order valence-electron chi connectivity index (χ1n) is 26.6. The number of aliphatic hydroxyl groups is 2. The number of alkyl carbamates (subject to hydrolysis) is 1. The fourth-order valence-corrected chi connectivity index (χ4v) is 9.35. The predicted molar refractivity (Wildman–Crippen MR) is 273 cm³/mol. The molecule has 0 saturated carbocycles. The molecule has 0 aromatic carbocycles. The number of esters is 4. The van der Waals surface area contributed by atoms with Crippen molar-refractivity contribution in [2.45, 2.75) is 215 Å². The van der Waals surface area contributed by atoms with E-state index < -0.39 is 170 Å². The van der Waals surface area contributed by atoms with E-state index in [-0.39, 0.29) is 26.4 Å². The van der Waals surface area contributed by atoms with E-state index in [4.69, 9.17) is 106 Å². The van der Waals surface area contributed by atoms with Crippen LogP contribution in [0, 0.1) is 0 Å². The second kappa shape index (κ2) is 33.0. The summed E-state index contributed by atoms with van der Waals surface area (Å²) in [5.41, 5.74) is 0. The molecular weight excluding hydrogens is 1120 g/mol. The number of unbranched alkanes of at least 4 members (excludes halogenated alkanes) is 4. The Morgan fingerprint density at radius 2 is 1.34 bits per heavy atom. The Hall–Kier alpha value is -3.48. The van der Waals surface area contributed by atoms with Crippen LogP contribution in [0.2, 0.25) is 0 Å². The fraction of sp³-hybridized carbons (Fsp3) is 0.860. The van der Waals surface area contributed by atoms with Gasteiger partial charge in [0.15, 0.2) is 24.8 Å². The Morgan fingerprint density at radius 3 is 1.90 bits per heavy atom. The van der Waals surface area contributed by atoms with Gasteiger partial charge in [0.25, 0.3) is 5.79 Å². The number of carbonyl (C=O) groups excluding carboxylic acids is 7. The van der Waals surface area contributed by atoms with E-state index in [0.717, 1.165) is 54.1 Å². The quantitative estimate of drug-likeness (QED) is 0.0384. The van der Waals surface area contributed by atoms with Crippen LogP contribution in [0.1, 0.15) is 113 Å². The number of hydrogen-bond acceptors (Lipinski definition) is 24.